The van der Waals surface area contributed by atoms with Crippen LogP contribution in [-0.2, 0) is 0 Å². The Labute approximate surface area is 115 Å². The van der Waals surface area contributed by atoms with E-state index in [0.29, 0.717) is 18.8 Å². The van der Waals surface area contributed by atoms with Gasteiger partial charge in [-0.1, -0.05) is 26.0 Å². The van der Waals surface area contributed by atoms with Crippen LogP contribution in [0.15, 0.2) is 24.3 Å². The number of nitrogens with zero attached hydrogens (tertiary/aromatic N) is 3. The molecule has 98 valence electrons. The molecule has 19 heavy (non-hydrogen) atoms. The van der Waals surface area contributed by atoms with Crippen molar-refractivity contribution in [1.29, 1.82) is 10.5 Å². The third-order valence-corrected chi connectivity index (χ3v) is 3.97. The topological polar surface area (TPSA) is 50.8 Å². The van der Waals surface area contributed by atoms with Crippen LogP contribution in [0.2, 0.25) is 0 Å². The fourth-order valence-electron chi connectivity index (χ4n) is 2.47. The lowest BCUT2D eigenvalue weighted by atomic mass is 9.81. The third kappa shape index (κ3) is 2.71. The molecule has 1 aromatic rings. The van der Waals surface area contributed by atoms with E-state index >= 15 is 0 Å². The van der Waals surface area contributed by atoms with Gasteiger partial charge in [-0.25, -0.2) is 0 Å². The van der Waals surface area contributed by atoms with Crippen molar-refractivity contribution in [2.75, 3.05) is 18.0 Å². The van der Waals surface area contributed by atoms with Crippen LogP contribution in [-0.4, -0.2) is 13.1 Å². The number of hydrogen-bond donors (Lipinski definition) is 0. The molecule has 3 heteroatoms. The van der Waals surface area contributed by atoms with Gasteiger partial charge in [-0.05, 0) is 36.5 Å². The Bertz CT molecular complexity index is 492. The van der Waals surface area contributed by atoms with Crippen molar-refractivity contribution in [2.45, 2.75) is 32.6 Å². The molecule has 0 aromatic heterocycles. The van der Waals surface area contributed by atoms with Gasteiger partial charge in [0.25, 0.3) is 0 Å². The molecule has 2 rings (SSSR count). The average Bonchev–Trinajstić information content (AvgIpc) is 2.47. The first-order valence-corrected chi connectivity index (χ1v) is 6.78. The molecule has 0 aliphatic carbocycles. The van der Waals surface area contributed by atoms with Crippen molar-refractivity contribution in [3.8, 4) is 12.1 Å². The molecule has 1 aliphatic heterocycles. The summed E-state index contributed by atoms with van der Waals surface area (Å²) in [7, 11) is 0. The zero-order valence-corrected chi connectivity index (χ0v) is 11.6. The molecule has 1 aromatic carbocycles. The van der Waals surface area contributed by atoms with E-state index in [1.54, 1.807) is 0 Å². The largest absolute Gasteiger partial charge is 0.371 e. The van der Waals surface area contributed by atoms with E-state index in [-0.39, 0.29) is 0 Å². The minimum Gasteiger partial charge on any atom is -0.371 e. The smallest absolute Gasteiger partial charge is 0.147 e. The minimum atomic E-state index is -0.769. The highest BCUT2D eigenvalue weighted by Crippen LogP contribution is 2.32. The Hall–Kier alpha value is -2.00. The van der Waals surface area contributed by atoms with Crippen LogP contribution in [0.3, 0.4) is 0 Å². The van der Waals surface area contributed by atoms with Crippen LogP contribution in [0.4, 0.5) is 5.69 Å². The maximum atomic E-state index is 9.10. The first-order chi connectivity index (χ1) is 9.10. The Morgan fingerprint density at radius 1 is 1.05 bits per heavy atom. The molecule has 0 spiro atoms. The summed E-state index contributed by atoms with van der Waals surface area (Å²) in [4.78, 5) is 2.26. The molecule has 0 radical (unpaired) electrons. The number of benzene rings is 1. The summed E-state index contributed by atoms with van der Waals surface area (Å²) >= 11 is 0. The molecular formula is C16H19N3. The van der Waals surface area contributed by atoms with E-state index < -0.39 is 5.41 Å². The number of piperidine rings is 1. The van der Waals surface area contributed by atoms with Gasteiger partial charge in [0, 0.05) is 18.8 Å². The molecule has 0 amide bonds. The molecule has 0 saturated carbocycles. The molecule has 0 bridgehead atoms. The summed E-state index contributed by atoms with van der Waals surface area (Å²) in [6.07, 6.45) is 1.26. The van der Waals surface area contributed by atoms with Gasteiger partial charge in [0.2, 0.25) is 0 Å². The van der Waals surface area contributed by atoms with Gasteiger partial charge in [0.1, 0.15) is 5.41 Å². The van der Waals surface area contributed by atoms with Gasteiger partial charge < -0.3 is 4.90 Å². The Balaban J connectivity index is 2.06. The lowest BCUT2D eigenvalue weighted by molar-refractivity contribution is 0.393. The summed E-state index contributed by atoms with van der Waals surface area (Å²) in [5.41, 5.74) is 1.76. The molecular weight excluding hydrogens is 234 g/mol. The van der Waals surface area contributed by atoms with Gasteiger partial charge in [0.15, 0.2) is 0 Å². The fraction of sp³-hybridized carbons (Fsp3) is 0.500. The third-order valence-electron chi connectivity index (χ3n) is 3.97. The lowest BCUT2D eigenvalue weighted by Gasteiger charge is -2.34. The second kappa shape index (κ2) is 5.33. The number of hydrogen-bond acceptors (Lipinski definition) is 3. The summed E-state index contributed by atoms with van der Waals surface area (Å²) in [5.74, 6) is 0.542. The van der Waals surface area contributed by atoms with Gasteiger partial charge >= 0.3 is 0 Å². The number of nitriles is 2. The van der Waals surface area contributed by atoms with E-state index in [2.05, 4.69) is 55.2 Å². The predicted molar refractivity (Wildman–Crippen MR) is 75.6 cm³/mol. The van der Waals surface area contributed by atoms with E-state index in [9.17, 15) is 0 Å². The van der Waals surface area contributed by atoms with Gasteiger partial charge in [-0.3, -0.25) is 0 Å². The fourth-order valence-corrected chi connectivity index (χ4v) is 2.47. The quantitative estimate of drug-likeness (QED) is 0.811. The Kier molecular flexibility index (Phi) is 3.76. The van der Waals surface area contributed by atoms with Crippen molar-refractivity contribution in [2.24, 2.45) is 5.41 Å². The summed E-state index contributed by atoms with van der Waals surface area (Å²) in [6.45, 7) is 5.93. The molecule has 1 saturated heterocycles. The molecule has 1 heterocycles. The van der Waals surface area contributed by atoms with Crippen LogP contribution < -0.4 is 4.90 Å². The van der Waals surface area contributed by atoms with E-state index in [1.807, 2.05) is 0 Å². The molecule has 3 nitrogen and oxygen atoms in total. The highest BCUT2D eigenvalue weighted by atomic mass is 15.1. The van der Waals surface area contributed by atoms with Crippen molar-refractivity contribution >= 4 is 5.69 Å². The summed E-state index contributed by atoms with van der Waals surface area (Å²) in [6, 6.07) is 13.0. The standard InChI is InChI=1S/C16H19N3/c1-13(2)14-3-5-15(6-4-14)19-9-7-16(11-17,12-18)8-10-19/h3-6,13H,7-10H2,1-2H3. The zero-order valence-electron chi connectivity index (χ0n) is 11.6. The van der Waals surface area contributed by atoms with Crippen LogP contribution in [0.1, 0.15) is 38.2 Å². The van der Waals surface area contributed by atoms with E-state index in [0.717, 1.165) is 13.1 Å². The maximum absolute atomic E-state index is 9.10. The Morgan fingerprint density at radius 3 is 2.00 bits per heavy atom. The van der Waals surface area contributed by atoms with Gasteiger partial charge in [-0.15, -0.1) is 0 Å². The SMILES string of the molecule is CC(C)c1ccc(N2CCC(C#N)(C#N)CC2)cc1. The minimum absolute atomic E-state index is 0.542. The predicted octanol–water partition coefficient (Wildman–Crippen LogP) is 3.44. The van der Waals surface area contributed by atoms with Crippen LogP contribution >= 0.6 is 0 Å². The van der Waals surface area contributed by atoms with Crippen molar-refractivity contribution < 1.29 is 0 Å². The molecule has 1 aliphatic rings. The van der Waals surface area contributed by atoms with Crippen LogP contribution in [0.5, 0.6) is 0 Å². The number of anilines is 1. The molecule has 1 fully saturated rings. The summed E-state index contributed by atoms with van der Waals surface area (Å²) < 4.78 is 0. The van der Waals surface area contributed by atoms with Crippen LogP contribution in [0, 0.1) is 28.1 Å². The van der Waals surface area contributed by atoms with E-state index in [4.69, 9.17) is 10.5 Å². The lowest BCUT2D eigenvalue weighted by Crippen LogP contribution is -2.38. The average molecular weight is 253 g/mol. The normalized spacial score (nSPS) is 17.8. The molecule has 0 N–H and O–H groups in total. The van der Waals surface area contributed by atoms with Gasteiger partial charge in [0.05, 0.1) is 12.1 Å². The van der Waals surface area contributed by atoms with E-state index in [1.165, 1.54) is 11.3 Å². The monoisotopic (exact) mass is 253 g/mol. The first-order valence-electron chi connectivity index (χ1n) is 6.78. The highest BCUT2D eigenvalue weighted by molar-refractivity contribution is 5.49. The van der Waals surface area contributed by atoms with Crippen molar-refractivity contribution in [1.82, 2.24) is 0 Å². The number of rotatable bonds is 2. The highest BCUT2D eigenvalue weighted by Gasteiger charge is 2.34. The van der Waals surface area contributed by atoms with Crippen LogP contribution in [0.25, 0.3) is 0 Å². The first kappa shape index (κ1) is 13.4. The second-order valence-corrected chi connectivity index (χ2v) is 5.54. The van der Waals surface area contributed by atoms with Crippen molar-refractivity contribution in [3.05, 3.63) is 29.8 Å². The maximum Gasteiger partial charge on any atom is 0.147 e. The summed E-state index contributed by atoms with van der Waals surface area (Å²) in [5, 5.41) is 18.2. The zero-order chi connectivity index (χ0) is 13.9. The second-order valence-electron chi connectivity index (χ2n) is 5.54. The van der Waals surface area contributed by atoms with Gasteiger partial charge in [-0.2, -0.15) is 10.5 Å². The molecule has 0 atom stereocenters. The Morgan fingerprint density at radius 2 is 1.58 bits per heavy atom. The van der Waals surface area contributed by atoms with Crippen molar-refractivity contribution in [3.63, 3.8) is 0 Å². The molecule has 0 unspecified atom stereocenters.